The molecule has 2 amide bonds. The normalized spacial score (nSPS) is 20.0. The Morgan fingerprint density at radius 3 is 2.55 bits per heavy atom. The summed E-state index contributed by atoms with van der Waals surface area (Å²) in [5.41, 5.74) is 0.443. The van der Waals surface area contributed by atoms with Gasteiger partial charge in [-0.3, -0.25) is 4.79 Å². The zero-order valence-corrected chi connectivity index (χ0v) is 13.7. The second-order valence-electron chi connectivity index (χ2n) is 6.40. The summed E-state index contributed by atoms with van der Waals surface area (Å²) in [5, 5.41) is 0. The Kier molecular flexibility index (Phi) is 5.22. The summed E-state index contributed by atoms with van der Waals surface area (Å²) >= 11 is 0. The SMILES string of the molecule is CCCCCC(=O)N1C(=O)OC(C)(C)[C@@H]1Cc1ccccc1. The molecule has 0 spiro atoms. The van der Waals surface area contributed by atoms with Crippen LogP contribution in [0.1, 0.15) is 52.0 Å². The molecule has 0 N–H and O–H groups in total. The highest BCUT2D eigenvalue weighted by molar-refractivity contribution is 5.94. The van der Waals surface area contributed by atoms with Gasteiger partial charge in [-0.1, -0.05) is 50.1 Å². The minimum absolute atomic E-state index is 0.120. The van der Waals surface area contributed by atoms with E-state index in [4.69, 9.17) is 4.74 Å². The van der Waals surface area contributed by atoms with Crippen LogP contribution in [0.5, 0.6) is 0 Å². The predicted octanol–water partition coefficient (Wildman–Crippen LogP) is 3.94. The topological polar surface area (TPSA) is 46.6 Å². The molecule has 1 aromatic rings. The molecule has 1 fully saturated rings. The highest BCUT2D eigenvalue weighted by Gasteiger charge is 2.50. The summed E-state index contributed by atoms with van der Waals surface area (Å²) in [6, 6.07) is 9.66. The number of imide groups is 1. The van der Waals surface area contributed by atoms with Crippen LogP contribution in [0, 0.1) is 0 Å². The summed E-state index contributed by atoms with van der Waals surface area (Å²) in [7, 11) is 0. The largest absolute Gasteiger partial charge is 0.441 e. The lowest BCUT2D eigenvalue weighted by atomic mass is 9.92. The van der Waals surface area contributed by atoms with Gasteiger partial charge in [0, 0.05) is 6.42 Å². The molecule has 120 valence electrons. The second kappa shape index (κ2) is 6.95. The van der Waals surface area contributed by atoms with Crippen LogP contribution in [0.3, 0.4) is 0 Å². The molecular weight excluding hydrogens is 278 g/mol. The fourth-order valence-corrected chi connectivity index (χ4v) is 2.88. The number of carbonyl (C=O) groups excluding carboxylic acids is 2. The Labute approximate surface area is 132 Å². The number of hydrogen-bond donors (Lipinski definition) is 0. The summed E-state index contributed by atoms with van der Waals surface area (Å²) in [5.74, 6) is -0.120. The van der Waals surface area contributed by atoms with Gasteiger partial charge >= 0.3 is 6.09 Å². The Morgan fingerprint density at radius 2 is 1.91 bits per heavy atom. The van der Waals surface area contributed by atoms with Crippen molar-refractivity contribution in [2.75, 3.05) is 0 Å². The zero-order valence-electron chi connectivity index (χ0n) is 13.7. The Hall–Kier alpha value is -1.84. The number of unbranched alkanes of at least 4 members (excludes halogenated alkanes) is 2. The van der Waals surface area contributed by atoms with Gasteiger partial charge < -0.3 is 4.74 Å². The molecule has 0 unspecified atom stereocenters. The second-order valence-corrected chi connectivity index (χ2v) is 6.40. The lowest BCUT2D eigenvalue weighted by Crippen LogP contribution is -2.46. The zero-order chi connectivity index (χ0) is 16.2. The molecule has 1 aliphatic rings. The van der Waals surface area contributed by atoms with E-state index in [1.54, 1.807) is 0 Å². The Bertz CT molecular complexity index is 524. The molecule has 1 aliphatic heterocycles. The van der Waals surface area contributed by atoms with E-state index in [0.717, 1.165) is 24.8 Å². The third-order valence-corrected chi connectivity index (χ3v) is 4.20. The van der Waals surface area contributed by atoms with E-state index in [1.807, 2.05) is 44.2 Å². The first-order chi connectivity index (χ1) is 10.5. The number of cyclic esters (lactones) is 1. The third-order valence-electron chi connectivity index (χ3n) is 4.20. The quantitative estimate of drug-likeness (QED) is 0.748. The van der Waals surface area contributed by atoms with Crippen LogP contribution in [0.25, 0.3) is 0 Å². The first-order valence-corrected chi connectivity index (χ1v) is 8.04. The van der Waals surface area contributed by atoms with Gasteiger partial charge in [0.1, 0.15) is 5.60 Å². The van der Waals surface area contributed by atoms with Gasteiger partial charge in [0.2, 0.25) is 5.91 Å². The molecule has 22 heavy (non-hydrogen) atoms. The van der Waals surface area contributed by atoms with E-state index >= 15 is 0 Å². The van der Waals surface area contributed by atoms with Gasteiger partial charge in [0.25, 0.3) is 0 Å². The maximum absolute atomic E-state index is 12.4. The number of hydrogen-bond acceptors (Lipinski definition) is 3. The maximum Gasteiger partial charge on any atom is 0.417 e. The number of carbonyl (C=O) groups is 2. The summed E-state index contributed by atoms with van der Waals surface area (Å²) < 4.78 is 5.44. The van der Waals surface area contributed by atoms with Crippen molar-refractivity contribution in [1.82, 2.24) is 4.90 Å². The highest BCUT2D eigenvalue weighted by Crippen LogP contribution is 2.32. The van der Waals surface area contributed by atoms with Crippen molar-refractivity contribution >= 4 is 12.0 Å². The molecule has 0 bridgehead atoms. The number of amides is 2. The molecule has 0 aliphatic carbocycles. The highest BCUT2D eigenvalue weighted by atomic mass is 16.6. The minimum atomic E-state index is -0.659. The van der Waals surface area contributed by atoms with Crippen LogP contribution in [0.2, 0.25) is 0 Å². The smallest absolute Gasteiger partial charge is 0.417 e. The van der Waals surface area contributed by atoms with E-state index < -0.39 is 11.7 Å². The minimum Gasteiger partial charge on any atom is -0.441 e. The fourth-order valence-electron chi connectivity index (χ4n) is 2.88. The Morgan fingerprint density at radius 1 is 1.23 bits per heavy atom. The van der Waals surface area contributed by atoms with Crippen molar-refractivity contribution in [3.63, 3.8) is 0 Å². The summed E-state index contributed by atoms with van der Waals surface area (Å²) in [6.07, 6.45) is 3.39. The number of ether oxygens (including phenoxy) is 1. The monoisotopic (exact) mass is 303 g/mol. The van der Waals surface area contributed by atoms with E-state index in [1.165, 1.54) is 4.90 Å². The van der Waals surface area contributed by atoms with E-state index in [9.17, 15) is 9.59 Å². The van der Waals surface area contributed by atoms with Gasteiger partial charge in [0.15, 0.2) is 0 Å². The first kappa shape index (κ1) is 16.5. The van der Waals surface area contributed by atoms with E-state index in [2.05, 4.69) is 6.92 Å². The fraction of sp³-hybridized carbons (Fsp3) is 0.556. The van der Waals surface area contributed by atoms with Crippen molar-refractivity contribution < 1.29 is 14.3 Å². The van der Waals surface area contributed by atoms with E-state index in [-0.39, 0.29) is 11.9 Å². The van der Waals surface area contributed by atoms with Crippen LogP contribution in [0.4, 0.5) is 4.79 Å². The maximum atomic E-state index is 12.4. The molecular formula is C18H25NO3. The van der Waals surface area contributed by atoms with Crippen LogP contribution >= 0.6 is 0 Å². The molecule has 4 nitrogen and oxygen atoms in total. The Balaban J connectivity index is 2.14. The van der Waals surface area contributed by atoms with Crippen molar-refractivity contribution in [3.05, 3.63) is 35.9 Å². The molecule has 0 aromatic heterocycles. The summed E-state index contributed by atoms with van der Waals surface area (Å²) in [6.45, 7) is 5.84. The molecule has 2 rings (SSSR count). The molecule has 1 aromatic carbocycles. The van der Waals surface area contributed by atoms with Gasteiger partial charge in [-0.05, 0) is 32.3 Å². The van der Waals surface area contributed by atoms with Crippen molar-refractivity contribution in [2.45, 2.75) is 64.5 Å². The van der Waals surface area contributed by atoms with Crippen molar-refractivity contribution in [1.29, 1.82) is 0 Å². The van der Waals surface area contributed by atoms with Crippen molar-refractivity contribution in [2.24, 2.45) is 0 Å². The van der Waals surface area contributed by atoms with Crippen LogP contribution in [0.15, 0.2) is 30.3 Å². The molecule has 0 saturated carbocycles. The predicted molar refractivity (Wildman–Crippen MR) is 85.5 cm³/mol. The number of benzene rings is 1. The van der Waals surface area contributed by atoms with Crippen molar-refractivity contribution in [3.8, 4) is 0 Å². The van der Waals surface area contributed by atoms with Gasteiger partial charge in [0.05, 0.1) is 6.04 Å². The van der Waals surface area contributed by atoms with Gasteiger partial charge in [-0.15, -0.1) is 0 Å². The molecule has 1 heterocycles. The van der Waals surface area contributed by atoms with Crippen LogP contribution in [-0.2, 0) is 16.0 Å². The standard InChI is InChI=1S/C18H25NO3/c1-4-5-7-12-16(20)19-15(18(2,3)22-17(19)21)13-14-10-8-6-9-11-14/h6,8-11,15H,4-5,7,12-13H2,1-3H3/t15-/m0/s1. The molecule has 1 atom stereocenters. The van der Waals surface area contributed by atoms with Crippen LogP contribution < -0.4 is 0 Å². The third kappa shape index (κ3) is 3.67. The molecule has 1 saturated heterocycles. The molecule has 0 radical (unpaired) electrons. The molecule has 4 heteroatoms. The average Bonchev–Trinajstić information content (AvgIpc) is 2.69. The van der Waals surface area contributed by atoms with Crippen LogP contribution in [-0.4, -0.2) is 28.5 Å². The average molecular weight is 303 g/mol. The number of nitrogens with zero attached hydrogens (tertiary/aromatic N) is 1. The lowest BCUT2D eigenvalue weighted by molar-refractivity contribution is -0.129. The first-order valence-electron chi connectivity index (χ1n) is 8.04. The summed E-state index contributed by atoms with van der Waals surface area (Å²) in [4.78, 5) is 25.9. The number of rotatable bonds is 6. The lowest BCUT2D eigenvalue weighted by Gasteiger charge is -2.28. The van der Waals surface area contributed by atoms with Gasteiger partial charge in [-0.2, -0.15) is 0 Å². The van der Waals surface area contributed by atoms with E-state index in [0.29, 0.717) is 12.8 Å². The van der Waals surface area contributed by atoms with Gasteiger partial charge in [-0.25, -0.2) is 9.69 Å².